The predicted octanol–water partition coefficient (Wildman–Crippen LogP) is 4.10. The number of hydrogen-bond donors (Lipinski definition) is 0. The number of nitrogens with zero attached hydrogens (tertiary/aromatic N) is 4. The van der Waals surface area contributed by atoms with E-state index >= 15 is 0 Å². The van der Waals surface area contributed by atoms with E-state index in [1.165, 1.54) is 26.2 Å². The van der Waals surface area contributed by atoms with Crippen molar-refractivity contribution in [3.8, 4) is 17.1 Å². The number of carbonyl (C=O) groups is 3. The molecule has 0 radical (unpaired) electrons. The standard InChI is InChI=1S/C33H36N4O7/c1-3-22-23-15-21(44-33(41)36-13-9-20(10-14-36)35-11-5-4-6-12-35)7-8-27(23)34-29-25(22)17-37-28(29)16-24-26(31(37)39)18-42-32(40)30(24)43-19(2)38/h7-8,15-16,20,30H,3-6,9-14,17-18H2,1-2H3/t30-/m0/s1. The Hall–Kier alpha value is -4.25. The molecule has 2 saturated heterocycles. The third-order valence-corrected chi connectivity index (χ3v) is 9.50. The van der Waals surface area contributed by atoms with Gasteiger partial charge in [0.2, 0.25) is 6.10 Å². The Labute approximate surface area is 254 Å². The number of aromatic nitrogens is 2. The molecule has 7 rings (SSSR count). The largest absolute Gasteiger partial charge is 0.458 e. The van der Waals surface area contributed by atoms with Crippen LogP contribution < -0.4 is 10.3 Å². The van der Waals surface area contributed by atoms with Crippen molar-refractivity contribution in [2.75, 3.05) is 26.2 Å². The average molecular weight is 601 g/mol. The Kier molecular flexibility index (Phi) is 7.36. The van der Waals surface area contributed by atoms with Crippen molar-refractivity contribution >= 4 is 28.9 Å². The van der Waals surface area contributed by atoms with Gasteiger partial charge in [0, 0.05) is 42.6 Å². The summed E-state index contributed by atoms with van der Waals surface area (Å²) in [4.78, 5) is 60.2. The fourth-order valence-corrected chi connectivity index (χ4v) is 7.28. The summed E-state index contributed by atoms with van der Waals surface area (Å²) in [6.07, 6.45) is 4.81. The summed E-state index contributed by atoms with van der Waals surface area (Å²) >= 11 is 0. The van der Waals surface area contributed by atoms with Crippen molar-refractivity contribution in [1.29, 1.82) is 0 Å². The van der Waals surface area contributed by atoms with Gasteiger partial charge in [-0.05, 0) is 75.0 Å². The van der Waals surface area contributed by atoms with Crippen LogP contribution in [0.3, 0.4) is 0 Å². The quantitative estimate of drug-likeness (QED) is 0.319. The van der Waals surface area contributed by atoms with Crippen molar-refractivity contribution in [2.45, 2.75) is 77.7 Å². The van der Waals surface area contributed by atoms with Gasteiger partial charge in [-0.1, -0.05) is 13.3 Å². The van der Waals surface area contributed by atoms with Crippen LogP contribution in [-0.2, 0) is 38.6 Å². The molecule has 3 aromatic rings. The number of carbonyl (C=O) groups excluding carboxylic acids is 3. The van der Waals surface area contributed by atoms with Crippen molar-refractivity contribution in [2.24, 2.45) is 0 Å². The van der Waals surface area contributed by atoms with E-state index in [9.17, 15) is 19.2 Å². The molecule has 44 heavy (non-hydrogen) atoms. The number of benzene rings is 1. The molecule has 0 aliphatic carbocycles. The van der Waals surface area contributed by atoms with Crippen molar-refractivity contribution < 1.29 is 28.6 Å². The molecule has 1 amide bonds. The maximum Gasteiger partial charge on any atom is 0.415 e. The lowest BCUT2D eigenvalue weighted by molar-refractivity contribution is -0.170. The second-order valence-electron chi connectivity index (χ2n) is 12.1. The molecule has 11 heteroatoms. The Bertz CT molecular complexity index is 1730. The molecule has 1 atom stereocenters. The zero-order valence-corrected chi connectivity index (χ0v) is 25.1. The number of aryl methyl sites for hydroxylation is 1. The highest BCUT2D eigenvalue weighted by Crippen LogP contribution is 2.39. The molecule has 11 nitrogen and oxygen atoms in total. The van der Waals surface area contributed by atoms with E-state index in [4.69, 9.17) is 19.2 Å². The molecule has 4 aliphatic rings. The number of ether oxygens (including phenoxy) is 3. The number of fused-ring (bicyclic) bond motifs is 5. The molecule has 0 bridgehead atoms. The lowest BCUT2D eigenvalue weighted by Gasteiger charge is -2.39. The SMILES string of the molecule is CCc1c2c(nc3ccc(OC(=O)N4CCC(N5CCCCC5)CC4)cc13)-c1cc3c(c(=O)n1C2)COC(=O)[C@H]3OC(C)=O. The van der Waals surface area contributed by atoms with Crippen LogP contribution in [-0.4, -0.2) is 69.6 Å². The summed E-state index contributed by atoms with van der Waals surface area (Å²) in [6, 6.07) is 7.71. The summed E-state index contributed by atoms with van der Waals surface area (Å²) < 4.78 is 17.9. The van der Waals surface area contributed by atoms with E-state index in [1.54, 1.807) is 21.6 Å². The van der Waals surface area contributed by atoms with Crippen LogP contribution in [0.4, 0.5) is 4.79 Å². The van der Waals surface area contributed by atoms with Gasteiger partial charge in [-0.15, -0.1) is 0 Å². The van der Waals surface area contributed by atoms with E-state index in [-0.39, 0.29) is 18.3 Å². The average Bonchev–Trinajstić information content (AvgIpc) is 3.40. The first kappa shape index (κ1) is 28.5. The zero-order valence-electron chi connectivity index (χ0n) is 25.1. The summed E-state index contributed by atoms with van der Waals surface area (Å²) in [6.45, 7) is 7.09. The first-order valence-electron chi connectivity index (χ1n) is 15.6. The number of hydrogen-bond acceptors (Lipinski definition) is 9. The summed E-state index contributed by atoms with van der Waals surface area (Å²) in [5, 5.41) is 0.863. The molecule has 230 valence electrons. The number of cyclic esters (lactones) is 1. The van der Waals surface area contributed by atoms with Crippen LogP contribution in [0.25, 0.3) is 22.3 Å². The Balaban J connectivity index is 1.16. The summed E-state index contributed by atoms with van der Waals surface area (Å²) in [7, 11) is 0. The fraction of sp³-hybridized carbons (Fsp3) is 0.485. The van der Waals surface area contributed by atoms with Gasteiger partial charge in [-0.25, -0.2) is 14.6 Å². The highest BCUT2D eigenvalue weighted by Gasteiger charge is 2.37. The van der Waals surface area contributed by atoms with Gasteiger partial charge in [0.1, 0.15) is 12.4 Å². The van der Waals surface area contributed by atoms with Crippen molar-refractivity contribution in [1.82, 2.24) is 19.4 Å². The number of piperidine rings is 2. The smallest absolute Gasteiger partial charge is 0.415 e. The minimum absolute atomic E-state index is 0.178. The predicted molar refractivity (Wildman–Crippen MR) is 160 cm³/mol. The van der Waals surface area contributed by atoms with Gasteiger partial charge in [-0.2, -0.15) is 0 Å². The molecule has 0 spiro atoms. The monoisotopic (exact) mass is 600 g/mol. The normalized spacial score (nSPS) is 20.1. The van der Waals surface area contributed by atoms with Crippen LogP contribution in [0.15, 0.2) is 29.1 Å². The number of amides is 1. The van der Waals surface area contributed by atoms with Gasteiger partial charge in [-0.3, -0.25) is 9.59 Å². The van der Waals surface area contributed by atoms with Crippen molar-refractivity contribution in [3.63, 3.8) is 0 Å². The Morgan fingerprint density at radius 3 is 2.52 bits per heavy atom. The number of likely N-dealkylation sites (tertiary alicyclic amines) is 2. The number of esters is 2. The zero-order chi connectivity index (χ0) is 30.5. The van der Waals surface area contributed by atoms with Gasteiger partial charge in [0.15, 0.2) is 0 Å². The van der Waals surface area contributed by atoms with Crippen LogP contribution >= 0.6 is 0 Å². The van der Waals surface area contributed by atoms with Gasteiger partial charge in [0.05, 0.1) is 29.0 Å². The molecule has 2 aromatic heterocycles. The van der Waals surface area contributed by atoms with E-state index < -0.39 is 18.0 Å². The lowest BCUT2D eigenvalue weighted by Crippen LogP contribution is -2.48. The highest BCUT2D eigenvalue weighted by atomic mass is 16.6. The van der Waals surface area contributed by atoms with Gasteiger partial charge in [0.25, 0.3) is 5.56 Å². The van der Waals surface area contributed by atoms with Crippen LogP contribution in [0.2, 0.25) is 0 Å². The first-order chi connectivity index (χ1) is 21.3. The molecule has 2 fully saturated rings. The number of pyridine rings is 2. The minimum Gasteiger partial charge on any atom is -0.458 e. The second-order valence-corrected chi connectivity index (χ2v) is 12.1. The molecule has 0 saturated carbocycles. The van der Waals surface area contributed by atoms with E-state index in [2.05, 4.69) is 4.90 Å². The van der Waals surface area contributed by atoms with E-state index in [1.807, 2.05) is 19.1 Å². The third-order valence-electron chi connectivity index (χ3n) is 9.50. The molecule has 1 aromatic carbocycles. The summed E-state index contributed by atoms with van der Waals surface area (Å²) in [5.74, 6) is -0.888. The molecule has 6 heterocycles. The maximum absolute atomic E-state index is 13.6. The van der Waals surface area contributed by atoms with Gasteiger partial charge < -0.3 is 28.6 Å². The van der Waals surface area contributed by atoms with Crippen LogP contribution in [0, 0.1) is 0 Å². The van der Waals surface area contributed by atoms with Crippen LogP contribution in [0.5, 0.6) is 5.75 Å². The topological polar surface area (TPSA) is 120 Å². The van der Waals surface area contributed by atoms with Crippen LogP contribution in [0.1, 0.15) is 74.3 Å². The van der Waals surface area contributed by atoms with E-state index in [0.717, 1.165) is 42.4 Å². The second kappa shape index (κ2) is 11.4. The Morgan fingerprint density at radius 2 is 1.80 bits per heavy atom. The molecular formula is C33H36N4O7. The highest BCUT2D eigenvalue weighted by molar-refractivity contribution is 5.90. The first-order valence-corrected chi connectivity index (χ1v) is 15.6. The molecule has 4 aliphatic heterocycles. The maximum atomic E-state index is 13.6. The number of rotatable bonds is 4. The molecule has 0 unspecified atom stereocenters. The van der Waals surface area contributed by atoms with Gasteiger partial charge >= 0.3 is 18.0 Å². The lowest BCUT2D eigenvalue weighted by atomic mass is 9.97. The molecule has 0 N–H and O–H groups in total. The fourth-order valence-electron chi connectivity index (χ4n) is 7.28. The minimum atomic E-state index is -1.29. The van der Waals surface area contributed by atoms with Crippen molar-refractivity contribution in [3.05, 3.63) is 56.9 Å². The third kappa shape index (κ3) is 4.92. The molecular weight excluding hydrogens is 564 g/mol. The Morgan fingerprint density at radius 1 is 1.02 bits per heavy atom. The van der Waals surface area contributed by atoms with E-state index in [0.29, 0.717) is 65.9 Å². The summed E-state index contributed by atoms with van der Waals surface area (Å²) in [5.41, 5.74) is 4.16.